The van der Waals surface area contributed by atoms with Crippen LogP contribution >= 0.6 is 6.83 Å². The van der Waals surface area contributed by atoms with Crippen LogP contribution in [0.25, 0.3) is 10.8 Å². The number of carboxylic acids is 2. The van der Waals surface area contributed by atoms with Gasteiger partial charge in [0.1, 0.15) is 0 Å². The number of benzene rings is 2. The number of aromatic carboxylic acids is 2. The van der Waals surface area contributed by atoms with Crippen molar-refractivity contribution >= 4 is 39.7 Å². The van der Waals surface area contributed by atoms with Gasteiger partial charge in [0.05, 0.1) is 0 Å². The van der Waals surface area contributed by atoms with Gasteiger partial charge in [-0.05, 0) is 0 Å². The molecule has 0 heterocycles. The van der Waals surface area contributed by atoms with Crippen molar-refractivity contribution < 1.29 is 32.2 Å². The molecule has 0 saturated heterocycles. The third kappa shape index (κ3) is 7.52. The summed E-state index contributed by atoms with van der Waals surface area (Å²) >= 11 is 0. The van der Waals surface area contributed by atoms with Gasteiger partial charge in [-0.1, -0.05) is 0 Å². The minimum absolute atomic E-state index is 0.0709. The van der Waals surface area contributed by atoms with Crippen LogP contribution in [0.15, 0.2) is 35.2 Å². The first-order valence-corrected chi connectivity index (χ1v) is 17.8. The third-order valence-corrected chi connectivity index (χ3v) is 16.4. The van der Waals surface area contributed by atoms with Crippen LogP contribution in [-0.4, -0.2) is 55.2 Å². The van der Waals surface area contributed by atoms with Gasteiger partial charge in [-0.25, -0.2) is 0 Å². The van der Waals surface area contributed by atoms with Gasteiger partial charge in [0.15, 0.2) is 0 Å². The van der Waals surface area contributed by atoms with Crippen molar-refractivity contribution in [1.29, 1.82) is 0 Å². The Morgan fingerprint density at radius 1 is 0.730 bits per heavy atom. The Balaban J connectivity index is 2.86. The second-order valence-corrected chi connectivity index (χ2v) is 17.7. The van der Waals surface area contributed by atoms with Gasteiger partial charge in [-0.3, -0.25) is 0 Å². The molecule has 2 N–H and O–H groups in total. The second kappa shape index (κ2) is 13.2. The fraction of sp³-hybridized carbons (Fsp3) is 0.571. The zero-order valence-corrected chi connectivity index (χ0v) is 24.4. The molecule has 2 rings (SSSR count). The monoisotopic (exact) mass is 554 g/mol. The molecule has 0 aliphatic rings. The van der Waals surface area contributed by atoms with Crippen LogP contribution in [0.5, 0.6) is 0 Å². The summed E-state index contributed by atoms with van der Waals surface area (Å²) in [6, 6.07) is 6.58. The van der Waals surface area contributed by atoms with Crippen molar-refractivity contribution in [3.8, 4) is 0 Å². The number of carboxylic acid groups (broad SMARTS) is 2. The van der Waals surface area contributed by atoms with Crippen LogP contribution in [0.1, 0.15) is 99.8 Å². The van der Waals surface area contributed by atoms with Gasteiger partial charge in [0.2, 0.25) is 0 Å². The van der Waals surface area contributed by atoms with E-state index in [1.807, 2.05) is 0 Å². The number of rotatable bonds is 17. The van der Waals surface area contributed by atoms with Crippen LogP contribution in [0, 0.1) is 0 Å². The van der Waals surface area contributed by atoms with Gasteiger partial charge in [-0.15, -0.1) is 0 Å². The van der Waals surface area contributed by atoms with Gasteiger partial charge >= 0.3 is 222 Å². The molecule has 2 aromatic carbocycles. The molecule has 0 saturated carbocycles. The predicted octanol–water partition coefficient (Wildman–Crippen LogP) is 7.61. The van der Waals surface area contributed by atoms with Gasteiger partial charge in [-0.2, -0.15) is 0 Å². The molecular formula is C28H43O7PS. The SMILES string of the molecule is CCCCP(CCCC)(CCCC)(CCCC)OS(=O)(=O)c1cc(C(=O)O)cc2ccc(C(=O)O)cc12. The second-order valence-electron chi connectivity index (χ2n) is 10.2. The summed E-state index contributed by atoms with van der Waals surface area (Å²) < 4.78 is 35.1. The van der Waals surface area contributed by atoms with E-state index in [1.165, 1.54) is 24.3 Å². The molecule has 0 aromatic heterocycles. The Labute approximate surface area is 221 Å². The van der Waals surface area contributed by atoms with Crippen LogP contribution in [-0.2, 0) is 14.1 Å². The molecule has 208 valence electrons. The topological polar surface area (TPSA) is 118 Å². The molecule has 9 heteroatoms. The summed E-state index contributed by atoms with van der Waals surface area (Å²) in [4.78, 5) is 23.3. The van der Waals surface area contributed by atoms with Crippen LogP contribution in [0.2, 0.25) is 0 Å². The normalized spacial score (nSPS) is 13.4. The molecule has 0 spiro atoms. The van der Waals surface area contributed by atoms with Gasteiger partial charge in [0, 0.05) is 0 Å². The molecular weight excluding hydrogens is 511 g/mol. The molecule has 2 aromatic rings. The van der Waals surface area contributed by atoms with Crippen LogP contribution < -0.4 is 0 Å². The Hall–Kier alpha value is -2.02. The molecule has 0 atom stereocenters. The molecule has 0 aliphatic heterocycles. The number of fused-ring (bicyclic) bond motifs is 1. The van der Waals surface area contributed by atoms with E-state index in [1.54, 1.807) is 0 Å². The van der Waals surface area contributed by atoms with E-state index in [2.05, 4.69) is 27.7 Å². The summed E-state index contributed by atoms with van der Waals surface area (Å²) in [5, 5.41) is 19.7. The predicted molar refractivity (Wildman–Crippen MR) is 152 cm³/mol. The van der Waals surface area contributed by atoms with E-state index in [4.69, 9.17) is 3.97 Å². The zero-order chi connectivity index (χ0) is 27.7. The average molecular weight is 555 g/mol. The maximum atomic E-state index is 14.2. The molecule has 0 amide bonds. The molecule has 0 fully saturated rings. The minimum atomic E-state index is -4.42. The van der Waals surface area contributed by atoms with E-state index >= 15 is 0 Å². The van der Waals surface area contributed by atoms with Crippen molar-refractivity contribution in [2.75, 3.05) is 24.6 Å². The molecule has 0 bridgehead atoms. The fourth-order valence-corrected chi connectivity index (χ4v) is 15.4. The molecule has 7 nitrogen and oxygen atoms in total. The summed E-state index contributed by atoms with van der Waals surface area (Å²) in [5.74, 6) is -2.45. The fourth-order valence-electron chi connectivity index (χ4n) is 5.16. The number of carbonyl (C=O) groups is 2. The van der Waals surface area contributed by atoms with E-state index in [0.717, 1.165) is 82.1 Å². The maximum absolute atomic E-state index is 14.2. The van der Waals surface area contributed by atoms with Crippen molar-refractivity contribution in [2.24, 2.45) is 0 Å². The molecule has 0 unspecified atom stereocenters. The number of hydrogen-bond acceptors (Lipinski definition) is 5. The summed E-state index contributed by atoms with van der Waals surface area (Å²) in [6.45, 7) is 5.10. The van der Waals surface area contributed by atoms with E-state index in [-0.39, 0.29) is 21.4 Å². The Kier molecular flexibility index (Phi) is 11.1. The molecule has 0 aliphatic carbocycles. The van der Waals surface area contributed by atoms with E-state index in [0.29, 0.717) is 5.39 Å². The van der Waals surface area contributed by atoms with Crippen molar-refractivity contribution in [2.45, 2.75) is 84.0 Å². The molecule has 37 heavy (non-hydrogen) atoms. The van der Waals surface area contributed by atoms with Crippen LogP contribution in [0.4, 0.5) is 0 Å². The van der Waals surface area contributed by atoms with Crippen LogP contribution in [0.3, 0.4) is 0 Å². The average Bonchev–Trinajstić information content (AvgIpc) is 2.87. The standard InChI is InChI=1S/C28H43O7PS/c1-5-9-15-36(16-10-6-2,17-11-7-3,18-12-8-4)35-37(33,34)26-21-24(28(31)32)19-22-13-14-23(27(29)30)20-25(22)26/h13-14,19-21H,5-12,15-18H2,1-4H3,(H,29,30)(H,31,32). The summed E-state index contributed by atoms with van der Waals surface area (Å²) in [5.41, 5.74) is -0.249. The quantitative estimate of drug-likeness (QED) is 0.193. The van der Waals surface area contributed by atoms with Gasteiger partial charge < -0.3 is 0 Å². The number of unbranched alkanes of at least 4 members (excludes halogenated alkanes) is 4. The van der Waals surface area contributed by atoms with Gasteiger partial charge in [0.25, 0.3) is 0 Å². The van der Waals surface area contributed by atoms with E-state index < -0.39 is 28.9 Å². The first-order valence-electron chi connectivity index (χ1n) is 13.5. The third-order valence-electron chi connectivity index (χ3n) is 7.30. The summed E-state index contributed by atoms with van der Waals surface area (Å²) in [7, 11) is -4.42. The van der Waals surface area contributed by atoms with Crippen molar-refractivity contribution in [3.05, 3.63) is 41.5 Å². The number of hydrogen-bond donors (Lipinski definition) is 2. The Morgan fingerprint density at radius 3 is 1.59 bits per heavy atom. The summed E-state index contributed by atoms with van der Waals surface area (Å²) in [6.07, 6.45) is 10.0. The zero-order valence-electron chi connectivity index (χ0n) is 22.7. The Morgan fingerprint density at radius 2 is 1.19 bits per heavy atom. The van der Waals surface area contributed by atoms with Crippen molar-refractivity contribution in [3.63, 3.8) is 0 Å². The first kappa shape index (κ1) is 31.2. The van der Waals surface area contributed by atoms with Crippen molar-refractivity contribution in [1.82, 2.24) is 0 Å². The first-order chi connectivity index (χ1) is 17.5. The Bertz CT molecular complexity index is 1160. The van der Waals surface area contributed by atoms with E-state index in [9.17, 15) is 28.2 Å². The molecule has 0 radical (unpaired) electrons.